The summed E-state index contributed by atoms with van der Waals surface area (Å²) in [7, 11) is 0. The first-order chi connectivity index (χ1) is 13.5. The lowest BCUT2D eigenvalue weighted by Crippen LogP contribution is -2.33. The maximum atomic E-state index is 13.2. The fraction of sp³-hybridized carbons (Fsp3) is 0.333. The van der Waals surface area contributed by atoms with E-state index in [9.17, 15) is 19.1 Å². The zero-order valence-electron chi connectivity index (χ0n) is 14.9. The number of benzene rings is 1. The Morgan fingerprint density at radius 1 is 1.32 bits per heavy atom. The van der Waals surface area contributed by atoms with Gasteiger partial charge < -0.3 is 9.84 Å². The minimum Gasteiger partial charge on any atom is -0.394 e. The monoisotopic (exact) mass is 387 g/mol. The van der Waals surface area contributed by atoms with Gasteiger partial charge in [0.2, 0.25) is 0 Å². The number of ether oxygens (including phenoxy) is 1. The van der Waals surface area contributed by atoms with E-state index in [1.54, 1.807) is 29.9 Å². The molecular weight excluding hydrogens is 369 g/mol. The summed E-state index contributed by atoms with van der Waals surface area (Å²) in [5, 5.41) is 17.8. The average molecular weight is 387 g/mol. The molecule has 9 nitrogen and oxygen atoms in total. The van der Waals surface area contributed by atoms with Crippen molar-refractivity contribution >= 4 is 0 Å². The van der Waals surface area contributed by atoms with Crippen molar-refractivity contribution in [2.45, 2.75) is 31.7 Å². The summed E-state index contributed by atoms with van der Waals surface area (Å²) in [5.74, 6) is -0.354. The number of hydrogen-bond acceptors (Lipinski definition) is 6. The van der Waals surface area contributed by atoms with E-state index >= 15 is 0 Å². The molecule has 0 spiro atoms. The van der Waals surface area contributed by atoms with Crippen molar-refractivity contribution in [3.05, 3.63) is 68.9 Å². The molecule has 0 saturated carbocycles. The molecule has 10 heteroatoms. The van der Waals surface area contributed by atoms with Gasteiger partial charge in [0, 0.05) is 23.7 Å². The van der Waals surface area contributed by atoms with Crippen molar-refractivity contribution in [1.82, 2.24) is 24.5 Å². The molecule has 146 valence electrons. The summed E-state index contributed by atoms with van der Waals surface area (Å²) in [6.45, 7) is 1.30. The molecule has 1 aliphatic heterocycles. The topological polar surface area (TPSA) is 115 Å². The van der Waals surface area contributed by atoms with Gasteiger partial charge in [-0.1, -0.05) is 5.21 Å². The van der Waals surface area contributed by atoms with Crippen LogP contribution < -0.4 is 11.2 Å². The second-order valence-electron chi connectivity index (χ2n) is 6.66. The Labute approximate surface area is 158 Å². The maximum absolute atomic E-state index is 13.2. The van der Waals surface area contributed by atoms with E-state index in [-0.39, 0.29) is 12.4 Å². The van der Waals surface area contributed by atoms with E-state index in [2.05, 4.69) is 15.3 Å². The van der Waals surface area contributed by atoms with Gasteiger partial charge in [0.05, 0.1) is 24.5 Å². The van der Waals surface area contributed by atoms with Crippen LogP contribution in [0.5, 0.6) is 0 Å². The standard InChI is InChI=1S/C18H18FN5O4/c1-10-8-23(18(27)21-17(10)26)16-6-13(15(9-25)28-16)24-14(7-20-22-24)11-2-4-12(19)5-3-11/h2-5,7-8,13,15-16,25H,6,9H2,1H3,(H,21,26,27)/t13-,15+,16+/m0/s1. The first-order valence-corrected chi connectivity index (χ1v) is 8.72. The van der Waals surface area contributed by atoms with Gasteiger partial charge >= 0.3 is 5.69 Å². The molecule has 0 aliphatic carbocycles. The minimum absolute atomic E-state index is 0.291. The quantitative estimate of drug-likeness (QED) is 0.683. The molecule has 1 aliphatic rings. The lowest BCUT2D eigenvalue weighted by atomic mass is 10.1. The Morgan fingerprint density at radius 3 is 2.79 bits per heavy atom. The Morgan fingerprint density at radius 2 is 2.07 bits per heavy atom. The number of rotatable bonds is 4. The Hall–Kier alpha value is -3.11. The number of aryl methyl sites for hydroxylation is 1. The molecule has 2 N–H and O–H groups in total. The maximum Gasteiger partial charge on any atom is 0.330 e. The summed E-state index contributed by atoms with van der Waals surface area (Å²) in [4.78, 5) is 26.0. The Bertz CT molecular complexity index is 1100. The van der Waals surface area contributed by atoms with E-state index in [0.29, 0.717) is 23.2 Å². The van der Waals surface area contributed by atoms with Gasteiger partial charge in [-0.2, -0.15) is 0 Å². The number of halogens is 1. The molecule has 4 rings (SSSR count). The zero-order chi connectivity index (χ0) is 19.8. The largest absolute Gasteiger partial charge is 0.394 e. The number of nitrogens with zero attached hydrogens (tertiary/aromatic N) is 4. The van der Waals surface area contributed by atoms with Crippen molar-refractivity contribution < 1.29 is 14.2 Å². The van der Waals surface area contributed by atoms with Crippen LogP contribution in [0, 0.1) is 12.7 Å². The first-order valence-electron chi connectivity index (χ1n) is 8.72. The highest BCUT2D eigenvalue weighted by atomic mass is 19.1. The number of aliphatic hydroxyl groups excluding tert-OH is 1. The highest BCUT2D eigenvalue weighted by molar-refractivity contribution is 5.58. The zero-order valence-corrected chi connectivity index (χ0v) is 14.9. The van der Waals surface area contributed by atoms with E-state index < -0.39 is 29.6 Å². The molecule has 0 unspecified atom stereocenters. The predicted molar refractivity (Wildman–Crippen MR) is 96.1 cm³/mol. The number of aromatic nitrogens is 5. The van der Waals surface area contributed by atoms with Gasteiger partial charge in [-0.3, -0.25) is 14.3 Å². The van der Waals surface area contributed by atoms with Gasteiger partial charge in [-0.05, 0) is 31.2 Å². The van der Waals surface area contributed by atoms with Gasteiger partial charge in [0.15, 0.2) is 0 Å². The lowest BCUT2D eigenvalue weighted by Gasteiger charge is -2.18. The molecule has 1 aromatic carbocycles. The molecule has 0 radical (unpaired) electrons. The second-order valence-corrected chi connectivity index (χ2v) is 6.66. The third-order valence-corrected chi connectivity index (χ3v) is 4.87. The van der Waals surface area contributed by atoms with Crippen LogP contribution in [0.2, 0.25) is 0 Å². The van der Waals surface area contributed by atoms with Crippen LogP contribution in [0.25, 0.3) is 11.3 Å². The fourth-order valence-corrected chi connectivity index (χ4v) is 3.42. The lowest BCUT2D eigenvalue weighted by molar-refractivity contribution is -0.0322. The van der Waals surface area contributed by atoms with Crippen LogP contribution in [0.1, 0.15) is 24.3 Å². The second kappa shape index (κ2) is 7.13. The number of hydrogen-bond donors (Lipinski definition) is 2. The molecule has 28 heavy (non-hydrogen) atoms. The summed E-state index contributed by atoms with van der Waals surface area (Å²) in [5.41, 5.74) is 0.681. The van der Waals surface area contributed by atoms with E-state index in [0.717, 1.165) is 0 Å². The highest BCUT2D eigenvalue weighted by Gasteiger charge is 2.39. The van der Waals surface area contributed by atoms with Crippen molar-refractivity contribution in [2.75, 3.05) is 6.61 Å². The first kappa shape index (κ1) is 18.3. The van der Waals surface area contributed by atoms with Gasteiger partial charge in [-0.15, -0.1) is 5.10 Å². The van der Waals surface area contributed by atoms with Crippen LogP contribution >= 0.6 is 0 Å². The van der Waals surface area contributed by atoms with Gasteiger partial charge in [0.25, 0.3) is 5.56 Å². The Balaban J connectivity index is 1.69. The van der Waals surface area contributed by atoms with Crippen LogP contribution in [-0.4, -0.2) is 42.4 Å². The van der Waals surface area contributed by atoms with Gasteiger partial charge in [0.1, 0.15) is 18.1 Å². The van der Waals surface area contributed by atoms with Crippen LogP contribution in [0.3, 0.4) is 0 Å². The molecule has 3 aromatic rings. The predicted octanol–water partition coefficient (Wildman–Crippen LogP) is 0.764. The van der Waals surface area contributed by atoms with E-state index in [1.807, 2.05) is 0 Å². The third-order valence-electron chi connectivity index (χ3n) is 4.87. The van der Waals surface area contributed by atoms with Crippen LogP contribution in [0.15, 0.2) is 46.2 Å². The smallest absolute Gasteiger partial charge is 0.330 e. The molecular formula is C18H18FN5O4. The SMILES string of the molecule is Cc1cn([C@H]2C[C@H](n3nncc3-c3ccc(F)cc3)[C@@H](CO)O2)c(=O)[nH]c1=O. The summed E-state index contributed by atoms with van der Waals surface area (Å²) < 4.78 is 22.0. The number of aromatic amines is 1. The molecule has 2 aromatic heterocycles. The minimum atomic E-state index is -0.685. The van der Waals surface area contributed by atoms with Crippen molar-refractivity contribution in [2.24, 2.45) is 0 Å². The molecule has 1 saturated heterocycles. The van der Waals surface area contributed by atoms with Crippen molar-refractivity contribution in [3.8, 4) is 11.3 Å². The number of nitrogens with one attached hydrogen (secondary N) is 1. The van der Waals surface area contributed by atoms with E-state index in [1.165, 1.54) is 22.9 Å². The van der Waals surface area contributed by atoms with Crippen molar-refractivity contribution in [1.29, 1.82) is 0 Å². The van der Waals surface area contributed by atoms with Crippen LogP contribution in [-0.2, 0) is 4.74 Å². The molecule has 3 atom stereocenters. The summed E-state index contributed by atoms with van der Waals surface area (Å²) in [6, 6.07) is 5.50. The Kier molecular flexibility index (Phi) is 4.65. The number of H-pyrrole nitrogens is 1. The molecule has 0 amide bonds. The molecule has 0 bridgehead atoms. The third kappa shape index (κ3) is 3.16. The normalized spacial score (nSPS) is 21.9. The summed E-state index contributed by atoms with van der Waals surface area (Å²) >= 11 is 0. The molecule has 3 heterocycles. The average Bonchev–Trinajstić information content (AvgIpc) is 3.31. The van der Waals surface area contributed by atoms with Crippen LogP contribution in [0.4, 0.5) is 4.39 Å². The van der Waals surface area contributed by atoms with Crippen molar-refractivity contribution in [3.63, 3.8) is 0 Å². The fourth-order valence-electron chi connectivity index (χ4n) is 3.42. The number of aliphatic hydroxyl groups is 1. The highest BCUT2D eigenvalue weighted by Crippen LogP contribution is 2.37. The van der Waals surface area contributed by atoms with Gasteiger partial charge in [-0.25, -0.2) is 13.9 Å². The summed E-state index contributed by atoms with van der Waals surface area (Å²) in [6.07, 6.45) is 1.99. The molecule has 1 fully saturated rings. The van der Waals surface area contributed by atoms with E-state index in [4.69, 9.17) is 4.74 Å².